The highest BCUT2D eigenvalue weighted by atomic mass is 79.9. The van der Waals surface area contributed by atoms with Gasteiger partial charge in [-0.15, -0.1) is 0 Å². The van der Waals surface area contributed by atoms with Crippen LogP contribution in [0.1, 0.15) is 0 Å². The first-order valence-electron chi connectivity index (χ1n) is 3.10. The summed E-state index contributed by atoms with van der Waals surface area (Å²) in [7, 11) is 0. The maximum absolute atomic E-state index is 13.0. The number of benzene rings is 1. The number of ether oxygens (including phenoxy) is 1. The fourth-order valence-corrected chi connectivity index (χ4v) is 1.73. The van der Waals surface area contributed by atoms with Gasteiger partial charge in [0.2, 0.25) is 0 Å². The van der Waals surface area contributed by atoms with Gasteiger partial charge >= 0.3 is 6.61 Å². The maximum atomic E-state index is 13.0. The molecule has 0 aliphatic heterocycles. The van der Waals surface area contributed by atoms with Crippen molar-refractivity contribution < 1.29 is 17.9 Å². The Bertz CT molecular complexity index is 317. The van der Waals surface area contributed by atoms with Crippen molar-refractivity contribution in [2.24, 2.45) is 0 Å². The van der Waals surface area contributed by atoms with Gasteiger partial charge < -0.3 is 4.74 Å². The largest absolute Gasteiger partial charge is 0.434 e. The fourth-order valence-electron chi connectivity index (χ4n) is 0.695. The topological polar surface area (TPSA) is 9.23 Å². The molecule has 6 heteroatoms. The van der Waals surface area contributed by atoms with Crippen molar-refractivity contribution in [3.63, 3.8) is 0 Å². The molecule has 0 saturated carbocycles. The number of hydrogen-bond acceptors (Lipinski definition) is 1. The van der Waals surface area contributed by atoms with Crippen LogP contribution in [0, 0.1) is 5.82 Å². The van der Waals surface area contributed by atoms with Crippen molar-refractivity contribution in [1.29, 1.82) is 0 Å². The summed E-state index contributed by atoms with van der Waals surface area (Å²) in [5.74, 6) is -0.895. The molecule has 1 aromatic carbocycles. The first-order chi connectivity index (χ1) is 6.02. The van der Waals surface area contributed by atoms with Crippen molar-refractivity contribution in [3.05, 3.63) is 26.9 Å². The van der Waals surface area contributed by atoms with Gasteiger partial charge in [0, 0.05) is 0 Å². The van der Waals surface area contributed by atoms with Crippen LogP contribution in [0.25, 0.3) is 0 Å². The summed E-state index contributed by atoms with van der Waals surface area (Å²) >= 11 is 5.69. The summed E-state index contributed by atoms with van der Waals surface area (Å²) in [6, 6.07) is 2.53. The van der Waals surface area contributed by atoms with Crippen LogP contribution >= 0.6 is 31.9 Å². The minimum Gasteiger partial charge on any atom is -0.434 e. The predicted octanol–water partition coefficient (Wildman–Crippen LogP) is 3.95. The third-order valence-corrected chi connectivity index (χ3v) is 2.57. The number of alkyl halides is 2. The zero-order chi connectivity index (χ0) is 10.0. The van der Waals surface area contributed by atoms with E-state index in [0.29, 0.717) is 0 Å². The lowest BCUT2D eigenvalue weighted by Gasteiger charge is -2.07. The summed E-state index contributed by atoms with van der Waals surface area (Å²) in [5, 5.41) is 0. The van der Waals surface area contributed by atoms with Crippen molar-refractivity contribution in [2.45, 2.75) is 6.61 Å². The van der Waals surface area contributed by atoms with E-state index in [0.717, 1.165) is 0 Å². The standard InChI is InChI=1S/C7H3Br2F3O/c8-3-1-2-4(13-7(11)12)5(9)6(3)10/h1-2,7H. The van der Waals surface area contributed by atoms with E-state index in [4.69, 9.17) is 0 Å². The molecule has 0 aliphatic rings. The molecule has 0 unspecified atom stereocenters. The summed E-state index contributed by atoms with van der Waals surface area (Å²) in [6.07, 6.45) is 0. The zero-order valence-electron chi connectivity index (χ0n) is 6.03. The molecule has 1 aromatic rings. The van der Waals surface area contributed by atoms with Gasteiger partial charge in [-0.2, -0.15) is 8.78 Å². The second kappa shape index (κ2) is 4.32. The van der Waals surface area contributed by atoms with Crippen molar-refractivity contribution in [1.82, 2.24) is 0 Å². The lowest BCUT2D eigenvalue weighted by atomic mass is 10.3. The molecule has 0 saturated heterocycles. The number of halogens is 5. The zero-order valence-corrected chi connectivity index (χ0v) is 9.20. The SMILES string of the molecule is Fc1c(Br)ccc(OC(F)F)c1Br. The molecule has 0 aliphatic carbocycles. The van der Waals surface area contributed by atoms with Gasteiger partial charge in [0.25, 0.3) is 0 Å². The predicted molar refractivity (Wildman–Crippen MR) is 48.4 cm³/mol. The lowest BCUT2D eigenvalue weighted by molar-refractivity contribution is -0.0505. The minimum atomic E-state index is -2.96. The molecule has 13 heavy (non-hydrogen) atoms. The first-order valence-corrected chi connectivity index (χ1v) is 4.69. The van der Waals surface area contributed by atoms with Crippen LogP contribution in [-0.2, 0) is 0 Å². The summed E-state index contributed by atoms with van der Waals surface area (Å²) in [5.41, 5.74) is 0. The minimum absolute atomic E-state index is 0.123. The number of rotatable bonds is 2. The smallest absolute Gasteiger partial charge is 0.387 e. The molecule has 0 amide bonds. The normalized spacial score (nSPS) is 10.6. The van der Waals surface area contributed by atoms with E-state index in [2.05, 4.69) is 36.6 Å². The van der Waals surface area contributed by atoms with Crippen LogP contribution in [-0.4, -0.2) is 6.61 Å². The molecule has 0 fully saturated rings. The van der Waals surface area contributed by atoms with Gasteiger partial charge in [-0.3, -0.25) is 0 Å². The van der Waals surface area contributed by atoms with E-state index in [-0.39, 0.29) is 14.7 Å². The second-order valence-electron chi connectivity index (χ2n) is 2.05. The molecule has 0 spiro atoms. The van der Waals surface area contributed by atoms with E-state index in [1.807, 2.05) is 0 Å². The van der Waals surface area contributed by atoms with Crippen LogP contribution in [0.3, 0.4) is 0 Å². The maximum Gasteiger partial charge on any atom is 0.387 e. The van der Waals surface area contributed by atoms with Crippen LogP contribution in [0.4, 0.5) is 13.2 Å². The molecule has 0 radical (unpaired) electrons. The van der Waals surface area contributed by atoms with Gasteiger partial charge in [-0.05, 0) is 44.0 Å². The molecule has 0 atom stereocenters. The summed E-state index contributed by atoms with van der Waals surface area (Å²) in [4.78, 5) is 0. The van der Waals surface area contributed by atoms with Gasteiger partial charge in [0.15, 0.2) is 5.82 Å². The highest BCUT2D eigenvalue weighted by Gasteiger charge is 2.13. The molecular formula is C7H3Br2F3O. The Morgan fingerprint density at radius 3 is 2.38 bits per heavy atom. The van der Waals surface area contributed by atoms with E-state index in [9.17, 15) is 13.2 Å². The number of hydrogen-bond donors (Lipinski definition) is 0. The Morgan fingerprint density at radius 1 is 1.23 bits per heavy atom. The van der Waals surface area contributed by atoms with E-state index < -0.39 is 12.4 Å². The average molecular weight is 320 g/mol. The Labute approximate surface area is 89.1 Å². The third kappa shape index (κ3) is 2.60. The van der Waals surface area contributed by atoms with Gasteiger partial charge in [-0.1, -0.05) is 0 Å². The van der Waals surface area contributed by atoms with E-state index in [1.54, 1.807) is 0 Å². The Morgan fingerprint density at radius 2 is 1.85 bits per heavy atom. The highest BCUT2D eigenvalue weighted by Crippen LogP contribution is 2.33. The molecule has 1 rings (SSSR count). The van der Waals surface area contributed by atoms with Crippen molar-refractivity contribution in [3.8, 4) is 5.75 Å². The Hall–Kier alpha value is -0.230. The van der Waals surface area contributed by atoms with E-state index >= 15 is 0 Å². The van der Waals surface area contributed by atoms with Gasteiger partial charge in [-0.25, -0.2) is 4.39 Å². The Kier molecular flexibility index (Phi) is 3.61. The van der Waals surface area contributed by atoms with Crippen LogP contribution in [0.2, 0.25) is 0 Å². The molecular weight excluding hydrogens is 317 g/mol. The summed E-state index contributed by atoms with van der Waals surface area (Å²) in [6.45, 7) is -2.96. The third-order valence-electron chi connectivity index (χ3n) is 1.22. The Balaban J connectivity index is 3.04. The van der Waals surface area contributed by atoms with Crippen LogP contribution in [0.5, 0.6) is 5.75 Å². The summed E-state index contributed by atoms with van der Waals surface area (Å²) < 4.78 is 40.6. The molecule has 0 N–H and O–H groups in total. The highest BCUT2D eigenvalue weighted by molar-refractivity contribution is 9.11. The van der Waals surface area contributed by atoms with E-state index in [1.165, 1.54) is 12.1 Å². The average Bonchev–Trinajstić information content (AvgIpc) is 2.06. The van der Waals surface area contributed by atoms with Crippen LogP contribution < -0.4 is 4.74 Å². The monoisotopic (exact) mass is 318 g/mol. The van der Waals surface area contributed by atoms with Gasteiger partial charge in [0.1, 0.15) is 5.75 Å². The molecule has 0 aromatic heterocycles. The first kappa shape index (κ1) is 10.8. The molecule has 0 heterocycles. The molecule has 0 bridgehead atoms. The van der Waals surface area contributed by atoms with Crippen molar-refractivity contribution >= 4 is 31.9 Å². The fraction of sp³-hybridized carbons (Fsp3) is 0.143. The van der Waals surface area contributed by atoms with Gasteiger partial charge in [0.05, 0.1) is 8.95 Å². The van der Waals surface area contributed by atoms with Crippen LogP contribution in [0.15, 0.2) is 21.1 Å². The second-order valence-corrected chi connectivity index (χ2v) is 3.70. The quantitative estimate of drug-likeness (QED) is 0.750. The molecule has 1 nitrogen and oxygen atoms in total. The lowest BCUT2D eigenvalue weighted by Crippen LogP contribution is -2.03. The van der Waals surface area contributed by atoms with Crippen molar-refractivity contribution in [2.75, 3.05) is 0 Å². The molecule has 72 valence electrons.